The van der Waals surface area contributed by atoms with E-state index in [1.165, 1.54) is 0 Å². The molecule has 200 valence electrons. The third-order valence-electron chi connectivity index (χ3n) is 6.46. The molecule has 39 heavy (non-hydrogen) atoms. The predicted octanol–water partition coefficient (Wildman–Crippen LogP) is 4.91. The Labute approximate surface area is 226 Å². The molecule has 5 rings (SSSR count). The number of nitrogens with zero attached hydrogens (tertiary/aromatic N) is 3. The summed E-state index contributed by atoms with van der Waals surface area (Å²) in [5.41, 5.74) is 3.25. The molecule has 4 aromatic rings. The Kier molecular flexibility index (Phi) is 7.09. The molecule has 1 unspecified atom stereocenters. The van der Waals surface area contributed by atoms with Gasteiger partial charge in [0.25, 0.3) is 5.91 Å². The van der Waals surface area contributed by atoms with Gasteiger partial charge in [0.05, 0.1) is 34.0 Å². The molecule has 0 radical (unpaired) electrons. The second kappa shape index (κ2) is 10.8. The van der Waals surface area contributed by atoms with Gasteiger partial charge in [-0.25, -0.2) is 4.68 Å². The zero-order chi connectivity index (χ0) is 27.5. The number of benzene rings is 3. The first-order valence-electron chi connectivity index (χ1n) is 12.2. The SMILES string of the molecule is COc1cccc(-c2nc3n(n2)C(c2cc(OC)c(OC)c(OC)c2)C(C(=O)Nc2ccccc2)=C(C)N3)c1. The van der Waals surface area contributed by atoms with Gasteiger partial charge in [0, 0.05) is 16.9 Å². The van der Waals surface area contributed by atoms with Crippen molar-refractivity contribution in [1.29, 1.82) is 0 Å². The van der Waals surface area contributed by atoms with Gasteiger partial charge < -0.3 is 29.6 Å². The standard InChI is InChI=1S/C29H29N5O5/c1-17-24(28(35)31-20-11-7-6-8-12-20)25(19-15-22(37-3)26(39-5)23(16-19)38-4)34-29(30-17)32-27(33-34)18-10-9-13-21(14-18)36-2/h6-16,25H,1-5H3,(H,31,35)(H,30,32,33). The van der Waals surface area contributed by atoms with Gasteiger partial charge in [-0.05, 0) is 48.9 Å². The van der Waals surface area contributed by atoms with Gasteiger partial charge in [0.15, 0.2) is 17.3 Å². The summed E-state index contributed by atoms with van der Waals surface area (Å²) < 4.78 is 23.8. The van der Waals surface area contributed by atoms with Crippen molar-refractivity contribution in [2.45, 2.75) is 13.0 Å². The largest absolute Gasteiger partial charge is 0.497 e. The van der Waals surface area contributed by atoms with Crippen molar-refractivity contribution in [1.82, 2.24) is 14.8 Å². The van der Waals surface area contributed by atoms with Crippen LogP contribution in [-0.4, -0.2) is 49.1 Å². The highest BCUT2D eigenvalue weighted by molar-refractivity contribution is 6.06. The quantitative estimate of drug-likeness (QED) is 0.333. The molecule has 0 aliphatic carbocycles. The molecule has 0 saturated carbocycles. The van der Waals surface area contributed by atoms with E-state index in [4.69, 9.17) is 29.0 Å². The van der Waals surface area contributed by atoms with Crippen LogP contribution >= 0.6 is 0 Å². The molecule has 1 aromatic heterocycles. The number of para-hydroxylation sites is 1. The summed E-state index contributed by atoms with van der Waals surface area (Å²) in [6.07, 6.45) is 0. The number of hydrogen-bond acceptors (Lipinski definition) is 8. The Morgan fingerprint density at radius 1 is 0.897 bits per heavy atom. The van der Waals surface area contributed by atoms with Crippen LogP contribution in [0, 0.1) is 0 Å². The Morgan fingerprint density at radius 2 is 1.62 bits per heavy atom. The molecule has 0 fully saturated rings. The van der Waals surface area contributed by atoms with E-state index in [9.17, 15) is 4.79 Å². The molecule has 1 aliphatic rings. The summed E-state index contributed by atoms with van der Waals surface area (Å²) in [6.45, 7) is 1.84. The van der Waals surface area contributed by atoms with E-state index < -0.39 is 6.04 Å². The maximum absolute atomic E-state index is 13.8. The van der Waals surface area contributed by atoms with E-state index >= 15 is 0 Å². The topological polar surface area (TPSA) is 109 Å². The maximum atomic E-state index is 13.8. The number of aromatic nitrogens is 3. The van der Waals surface area contributed by atoms with Crippen LogP contribution in [-0.2, 0) is 4.79 Å². The third kappa shape index (κ3) is 4.84. The number of methoxy groups -OCH3 is 4. The number of hydrogen-bond donors (Lipinski definition) is 2. The number of amides is 1. The Balaban J connectivity index is 1.68. The Bertz CT molecular complexity index is 1520. The molecule has 1 aliphatic heterocycles. The van der Waals surface area contributed by atoms with Crippen molar-refractivity contribution in [2.24, 2.45) is 0 Å². The summed E-state index contributed by atoms with van der Waals surface area (Å²) >= 11 is 0. The minimum Gasteiger partial charge on any atom is -0.497 e. The van der Waals surface area contributed by atoms with Crippen molar-refractivity contribution in [3.05, 3.63) is 83.6 Å². The van der Waals surface area contributed by atoms with E-state index in [1.54, 1.807) is 33.1 Å². The van der Waals surface area contributed by atoms with E-state index in [2.05, 4.69) is 10.6 Å². The zero-order valence-electron chi connectivity index (χ0n) is 22.3. The van der Waals surface area contributed by atoms with E-state index in [-0.39, 0.29) is 5.91 Å². The number of nitrogens with one attached hydrogen (secondary N) is 2. The molecule has 1 atom stereocenters. The van der Waals surface area contributed by atoms with Crippen molar-refractivity contribution in [3.63, 3.8) is 0 Å². The van der Waals surface area contributed by atoms with Crippen molar-refractivity contribution < 1.29 is 23.7 Å². The smallest absolute Gasteiger partial charge is 0.255 e. The second-order valence-electron chi connectivity index (χ2n) is 8.78. The number of ether oxygens (including phenoxy) is 4. The van der Waals surface area contributed by atoms with Crippen LogP contribution in [0.25, 0.3) is 11.4 Å². The summed E-state index contributed by atoms with van der Waals surface area (Å²) in [5.74, 6) is 2.73. The lowest BCUT2D eigenvalue weighted by molar-refractivity contribution is -0.113. The fraction of sp³-hybridized carbons (Fsp3) is 0.207. The number of carbonyl (C=O) groups is 1. The van der Waals surface area contributed by atoms with Gasteiger partial charge in [-0.3, -0.25) is 4.79 Å². The molecular weight excluding hydrogens is 498 g/mol. The molecule has 2 N–H and O–H groups in total. The monoisotopic (exact) mass is 527 g/mol. The first-order chi connectivity index (χ1) is 19.0. The van der Waals surface area contributed by atoms with Crippen LogP contribution in [0.3, 0.4) is 0 Å². The Hall–Kier alpha value is -4.99. The van der Waals surface area contributed by atoms with Gasteiger partial charge in [-0.1, -0.05) is 30.3 Å². The van der Waals surface area contributed by atoms with Gasteiger partial charge in [-0.2, -0.15) is 4.98 Å². The van der Waals surface area contributed by atoms with Gasteiger partial charge in [0.2, 0.25) is 11.7 Å². The van der Waals surface area contributed by atoms with E-state index in [1.807, 2.05) is 73.7 Å². The van der Waals surface area contributed by atoms with Crippen LogP contribution in [0.5, 0.6) is 23.0 Å². The summed E-state index contributed by atoms with van der Waals surface area (Å²) in [6, 6.07) is 19.8. The van der Waals surface area contributed by atoms with Crippen molar-refractivity contribution in [3.8, 4) is 34.4 Å². The number of rotatable bonds is 8. The number of carbonyl (C=O) groups excluding carboxylic acids is 1. The van der Waals surface area contributed by atoms with Gasteiger partial charge >= 0.3 is 0 Å². The average Bonchev–Trinajstić information content (AvgIpc) is 3.39. The fourth-order valence-corrected chi connectivity index (χ4v) is 4.62. The minimum atomic E-state index is -0.662. The van der Waals surface area contributed by atoms with E-state index in [0.29, 0.717) is 57.3 Å². The fourth-order valence-electron chi connectivity index (χ4n) is 4.62. The van der Waals surface area contributed by atoms with Gasteiger partial charge in [-0.15, -0.1) is 5.10 Å². The molecule has 10 nitrogen and oxygen atoms in total. The second-order valence-corrected chi connectivity index (χ2v) is 8.78. The number of allylic oxidation sites excluding steroid dienone is 1. The van der Waals surface area contributed by atoms with Gasteiger partial charge in [0.1, 0.15) is 11.8 Å². The van der Waals surface area contributed by atoms with Crippen LogP contribution < -0.4 is 29.6 Å². The highest BCUT2D eigenvalue weighted by Gasteiger charge is 2.36. The number of anilines is 2. The molecule has 0 bridgehead atoms. The van der Waals surface area contributed by atoms with Crippen LogP contribution in [0.4, 0.5) is 11.6 Å². The molecule has 0 saturated heterocycles. The normalized spacial score (nSPS) is 14.2. The summed E-state index contributed by atoms with van der Waals surface area (Å²) in [7, 11) is 6.26. The molecule has 10 heteroatoms. The predicted molar refractivity (Wildman–Crippen MR) is 148 cm³/mol. The lowest BCUT2D eigenvalue weighted by Gasteiger charge is -2.29. The third-order valence-corrected chi connectivity index (χ3v) is 6.46. The highest BCUT2D eigenvalue weighted by atomic mass is 16.5. The van der Waals surface area contributed by atoms with Crippen LogP contribution in [0.15, 0.2) is 78.0 Å². The molecule has 0 spiro atoms. The molecule has 1 amide bonds. The first-order valence-corrected chi connectivity index (χ1v) is 12.2. The zero-order valence-corrected chi connectivity index (χ0v) is 22.3. The average molecular weight is 528 g/mol. The van der Waals surface area contributed by atoms with Crippen LogP contribution in [0.1, 0.15) is 18.5 Å². The lowest BCUT2D eigenvalue weighted by Crippen LogP contribution is -2.31. The number of fused-ring (bicyclic) bond motifs is 1. The summed E-state index contributed by atoms with van der Waals surface area (Å²) in [5, 5.41) is 11.1. The lowest BCUT2D eigenvalue weighted by atomic mass is 9.94. The first kappa shape index (κ1) is 25.7. The highest BCUT2D eigenvalue weighted by Crippen LogP contribution is 2.44. The minimum absolute atomic E-state index is 0.283. The maximum Gasteiger partial charge on any atom is 0.255 e. The van der Waals surface area contributed by atoms with Crippen LogP contribution in [0.2, 0.25) is 0 Å². The summed E-state index contributed by atoms with van der Waals surface area (Å²) in [4.78, 5) is 18.5. The molecule has 3 aromatic carbocycles. The molecule has 2 heterocycles. The van der Waals surface area contributed by atoms with E-state index in [0.717, 1.165) is 5.56 Å². The van der Waals surface area contributed by atoms with Crippen molar-refractivity contribution in [2.75, 3.05) is 39.1 Å². The molecular formula is C29H29N5O5. The van der Waals surface area contributed by atoms with Crippen molar-refractivity contribution >= 4 is 17.5 Å². The Morgan fingerprint density at radius 3 is 2.26 bits per heavy atom.